The normalized spacial score (nSPS) is 19.9. The number of rotatable bonds is 4. The number of hydrogen-bond acceptors (Lipinski definition) is 4. The van der Waals surface area contributed by atoms with Crippen LogP contribution in [0.3, 0.4) is 0 Å². The molecule has 0 amide bonds. The Kier molecular flexibility index (Phi) is 5.34. The summed E-state index contributed by atoms with van der Waals surface area (Å²) < 4.78 is 23.9. The summed E-state index contributed by atoms with van der Waals surface area (Å²) in [7, 11) is 1.35. The van der Waals surface area contributed by atoms with Crippen LogP contribution >= 0.6 is 11.6 Å². The van der Waals surface area contributed by atoms with E-state index in [2.05, 4.69) is 9.64 Å². The van der Waals surface area contributed by atoms with E-state index in [9.17, 15) is 9.18 Å². The van der Waals surface area contributed by atoms with E-state index in [0.29, 0.717) is 36.8 Å². The molecular formula is C14H17ClFNO3. The second kappa shape index (κ2) is 7.02. The van der Waals surface area contributed by atoms with Crippen LogP contribution in [0.4, 0.5) is 4.39 Å². The number of methoxy groups -OCH3 is 1. The maximum Gasteiger partial charge on any atom is 0.308 e. The second-order valence-electron chi connectivity index (χ2n) is 4.74. The van der Waals surface area contributed by atoms with Crippen molar-refractivity contribution in [1.82, 2.24) is 4.90 Å². The Bertz CT molecular complexity index is 483. The van der Waals surface area contributed by atoms with Crippen LogP contribution in [0.5, 0.6) is 0 Å². The van der Waals surface area contributed by atoms with Crippen molar-refractivity contribution in [1.29, 1.82) is 0 Å². The molecule has 0 bridgehead atoms. The number of ether oxygens (including phenoxy) is 2. The van der Waals surface area contributed by atoms with Crippen molar-refractivity contribution in [2.75, 3.05) is 26.8 Å². The van der Waals surface area contributed by atoms with E-state index in [1.807, 2.05) is 0 Å². The fourth-order valence-electron chi connectivity index (χ4n) is 2.21. The first kappa shape index (κ1) is 15.2. The lowest BCUT2D eigenvalue weighted by Gasteiger charge is -2.32. The summed E-state index contributed by atoms with van der Waals surface area (Å²) in [6, 6.07) is 4.66. The molecular weight excluding hydrogens is 285 g/mol. The quantitative estimate of drug-likeness (QED) is 0.800. The number of benzene rings is 1. The van der Waals surface area contributed by atoms with Crippen molar-refractivity contribution in [3.63, 3.8) is 0 Å². The molecule has 0 saturated carbocycles. The van der Waals surface area contributed by atoms with E-state index in [-0.39, 0.29) is 24.3 Å². The third-order valence-electron chi connectivity index (χ3n) is 3.25. The first-order valence-electron chi connectivity index (χ1n) is 6.43. The van der Waals surface area contributed by atoms with Gasteiger partial charge in [-0.1, -0.05) is 17.7 Å². The Hall–Kier alpha value is -1.17. The number of hydrogen-bond donors (Lipinski definition) is 0. The smallest absolute Gasteiger partial charge is 0.308 e. The van der Waals surface area contributed by atoms with Gasteiger partial charge in [0.05, 0.1) is 26.2 Å². The van der Waals surface area contributed by atoms with Gasteiger partial charge in [-0.05, 0) is 12.1 Å². The van der Waals surface area contributed by atoms with E-state index >= 15 is 0 Å². The van der Waals surface area contributed by atoms with Crippen molar-refractivity contribution in [2.24, 2.45) is 0 Å². The first-order chi connectivity index (χ1) is 9.58. The molecule has 0 aliphatic carbocycles. The zero-order valence-corrected chi connectivity index (χ0v) is 12.0. The van der Waals surface area contributed by atoms with Crippen LogP contribution in [-0.2, 0) is 20.8 Å². The van der Waals surface area contributed by atoms with Crippen molar-refractivity contribution in [3.05, 3.63) is 34.6 Å². The molecule has 110 valence electrons. The molecule has 1 saturated heterocycles. The number of esters is 1. The Morgan fingerprint density at radius 2 is 2.40 bits per heavy atom. The second-order valence-corrected chi connectivity index (χ2v) is 5.18. The van der Waals surface area contributed by atoms with Gasteiger partial charge >= 0.3 is 5.97 Å². The Balaban J connectivity index is 1.94. The number of carbonyl (C=O) groups is 1. The number of halogens is 2. The van der Waals surface area contributed by atoms with Gasteiger partial charge in [0.2, 0.25) is 0 Å². The van der Waals surface area contributed by atoms with Crippen LogP contribution in [0, 0.1) is 5.82 Å². The molecule has 1 atom stereocenters. The monoisotopic (exact) mass is 301 g/mol. The summed E-state index contributed by atoms with van der Waals surface area (Å²) >= 11 is 5.73. The number of carbonyl (C=O) groups excluding carboxylic acids is 1. The largest absolute Gasteiger partial charge is 0.469 e. The molecule has 4 nitrogen and oxygen atoms in total. The first-order valence-corrected chi connectivity index (χ1v) is 6.81. The lowest BCUT2D eigenvalue weighted by atomic mass is 10.1. The average molecular weight is 302 g/mol. The fraction of sp³-hybridized carbons (Fsp3) is 0.500. The van der Waals surface area contributed by atoms with Crippen molar-refractivity contribution < 1.29 is 18.7 Å². The Morgan fingerprint density at radius 1 is 1.60 bits per heavy atom. The zero-order valence-electron chi connectivity index (χ0n) is 11.3. The third-order valence-corrected chi connectivity index (χ3v) is 3.49. The molecule has 0 spiro atoms. The van der Waals surface area contributed by atoms with Crippen LogP contribution in [0.2, 0.25) is 5.02 Å². The predicted molar refractivity (Wildman–Crippen MR) is 73.1 cm³/mol. The van der Waals surface area contributed by atoms with E-state index in [4.69, 9.17) is 16.3 Å². The standard InChI is InChI=1S/C14H17ClFNO3/c1-19-14(18)7-12-9-17(4-5-20-12)8-10-2-3-11(15)6-13(10)16/h2-3,6,12H,4-5,7-9H2,1H3/t12-/m0/s1. The maximum absolute atomic E-state index is 13.8. The molecule has 1 fully saturated rings. The Labute approximate surface area is 122 Å². The van der Waals surface area contributed by atoms with Gasteiger partial charge in [0, 0.05) is 30.2 Å². The Morgan fingerprint density at radius 3 is 3.10 bits per heavy atom. The van der Waals surface area contributed by atoms with Gasteiger partial charge < -0.3 is 9.47 Å². The highest BCUT2D eigenvalue weighted by atomic mass is 35.5. The van der Waals surface area contributed by atoms with Gasteiger partial charge in [0.1, 0.15) is 5.82 Å². The highest BCUT2D eigenvalue weighted by Gasteiger charge is 2.23. The summed E-state index contributed by atoms with van der Waals surface area (Å²) in [5.41, 5.74) is 0.591. The molecule has 1 heterocycles. The molecule has 0 unspecified atom stereocenters. The predicted octanol–water partition coefficient (Wildman–Crippen LogP) is 2.24. The summed E-state index contributed by atoms with van der Waals surface area (Å²) in [5, 5.41) is 0.386. The number of morpholine rings is 1. The summed E-state index contributed by atoms with van der Waals surface area (Å²) in [6.07, 6.45) is 0.0161. The molecule has 0 radical (unpaired) electrons. The molecule has 1 aromatic carbocycles. The van der Waals surface area contributed by atoms with Crippen LogP contribution < -0.4 is 0 Å². The summed E-state index contributed by atoms with van der Waals surface area (Å²) in [6.45, 7) is 2.29. The minimum absolute atomic E-state index is 0.202. The molecule has 2 rings (SSSR count). The zero-order chi connectivity index (χ0) is 14.5. The van der Waals surface area contributed by atoms with Gasteiger partial charge in [-0.25, -0.2) is 4.39 Å². The minimum atomic E-state index is -0.312. The van der Waals surface area contributed by atoms with E-state index < -0.39 is 0 Å². The van der Waals surface area contributed by atoms with Gasteiger partial charge in [-0.2, -0.15) is 0 Å². The molecule has 1 aliphatic heterocycles. The summed E-state index contributed by atoms with van der Waals surface area (Å²) in [4.78, 5) is 13.3. The minimum Gasteiger partial charge on any atom is -0.469 e. The third kappa shape index (κ3) is 4.16. The van der Waals surface area contributed by atoms with Crippen LogP contribution in [0.15, 0.2) is 18.2 Å². The van der Waals surface area contributed by atoms with Crippen LogP contribution in [0.25, 0.3) is 0 Å². The molecule has 0 aromatic heterocycles. The van der Waals surface area contributed by atoms with Crippen molar-refractivity contribution in [3.8, 4) is 0 Å². The van der Waals surface area contributed by atoms with E-state index in [1.165, 1.54) is 13.2 Å². The topological polar surface area (TPSA) is 38.8 Å². The molecule has 0 N–H and O–H groups in total. The van der Waals surface area contributed by atoms with Crippen LogP contribution in [-0.4, -0.2) is 43.8 Å². The molecule has 20 heavy (non-hydrogen) atoms. The van der Waals surface area contributed by atoms with Crippen molar-refractivity contribution >= 4 is 17.6 Å². The summed E-state index contributed by atoms with van der Waals surface area (Å²) in [5.74, 6) is -0.608. The lowest BCUT2D eigenvalue weighted by Crippen LogP contribution is -2.43. The molecule has 1 aromatic rings. The lowest BCUT2D eigenvalue weighted by molar-refractivity contribution is -0.145. The van der Waals surface area contributed by atoms with Gasteiger partial charge in [-0.15, -0.1) is 0 Å². The highest BCUT2D eigenvalue weighted by Crippen LogP contribution is 2.18. The molecule has 6 heteroatoms. The fourth-order valence-corrected chi connectivity index (χ4v) is 2.37. The number of nitrogens with zero attached hydrogens (tertiary/aromatic N) is 1. The van der Waals surface area contributed by atoms with Crippen molar-refractivity contribution in [2.45, 2.75) is 19.1 Å². The van der Waals surface area contributed by atoms with Gasteiger partial charge in [0.25, 0.3) is 0 Å². The highest BCUT2D eigenvalue weighted by molar-refractivity contribution is 6.30. The van der Waals surface area contributed by atoms with Crippen LogP contribution in [0.1, 0.15) is 12.0 Å². The average Bonchev–Trinajstić information content (AvgIpc) is 2.42. The molecule has 1 aliphatic rings. The van der Waals surface area contributed by atoms with E-state index in [0.717, 1.165) is 0 Å². The SMILES string of the molecule is COC(=O)C[C@H]1CN(Cc2ccc(Cl)cc2F)CCO1. The maximum atomic E-state index is 13.8. The van der Waals surface area contributed by atoms with E-state index in [1.54, 1.807) is 12.1 Å². The van der Waals surface area contributed by atoms with Gasteiger partial charge in [0.15, 0.2) is 0 Å². The van der Waals surface area contributed by atoms with Gasteiger partial charge in [-0.3, -0.25) is 9.69 Å².